The van der Waals surface area contributed by atoms with Gasteiger partial charge in [-0.1, -0.05) is 23.2 Å². The summed E-state index contributed by atoms with van der Waals surface area (Å²) < 4.78 is 0. The van der Waals surface area contributed by atoms with Crippen molar-refractivity contribution in [2.45, 2.75) is 25.9 Å². The molecule has 0 spiro atoms. The highest BCUT2D eigenvalue weighted by Gasteiger charge is 2.04. The predicted octanol–water partition coefficient (Wildman–Crippen LogP) is 2.82. The van der Waals surface area contributed by atoms with E-state index in [1.807, 2.05) is 12.1 Å². The molecule has 0 aliphatic heterocycles. The zero-order valence-electron chi connectivity index (χ0n) is 8.76. The third-order valence-corrected chi connectivity index (χ3v) is 2.85. The number of nitrogens with two attached hydrogens (primary N) is 1. The summed E-state index contributed by atoms with van der Waals surface area (Å²) in [7, 11) is 0. The summed E-state index contributed by atoms with van der Waals surface area (Å²) in [6.45, 7) is 3.52. The van der Waals surface area contributed by atoms with Crippen molar-refractivity contribution in [1.29, 1.82) is 0 Å². The molecule has 0 amide bonds. The number of benzene rings is 1. The Kier molecular flexibility index (Phi) is 5.40. The Balaban J connectivity index is 2.53. The maximum absolute atomic E-state index is 6.03. The molecule has 0 bridgehead atoms. The largest absolute Gasteiger partial charge is 0.330 e. The van der Waals surface area contributed by atoms with Crippen LogP contribution in [0.2, 0.25) is 10.0 Å². The number of halogens is 2. The minimum absolute atomic E-state index is 0.394. The van der Waals surface area contributed by atoms with Crippen LogP contribution in [0.5, 0.6) is 0 Å². The summed E-state index contributed by atoms with van der Waals surface area (Å²) in [5, 5.41) is 4.80. The molecule has 1 rings (SSSR count). The van der Waals surface area contributed by atoms with Gasteiger partial charge in [0.15, 0.2) is 0 Å². The Morgan fingerprint density at radius 1 is 1.40 bits per heavy atom. The molecule has 0 fully saturated rings. The van der Waals surface area contributed by atoms with E-state index in [4.69, 9.17) is 28.9 Å². The van der Waals surface area contributed by atoms with Crippen LogP contribution in [0.3, 0.4) is 0 Å². The Morgan fingerprint density at radius 2 is 2.13 bits per heavy atom. The van der Waals surface area contributed by atoms with Gasteiger partial charge in [0.25, 0.3) is 0 Å². The van der Waals surface area contributed by atoms with E-state index in [1.165, 1.54) is 0 Å². The van der Waals surface area contributed by atoms with Gasteiger partial charge in [0.2, 0.25) is 0 Å². The average molecular weight is 247 g/mol. The summed E-state index contributed by atoms with van der Waals surface area (Å²) in [4.78, 5) is 0. The Morgan fingerprint density at radius 3 is 2.80 bits per heavy atom. The molecule has 4 heteroatoms. The molecular formula is C11H16Cl2N2. The van der Waals surface area contributed by atoms with Crippen LogP contribution in [0.1, 0.15) is 18.9 Å². The number of hydrogen-bond acceptors (Lipinski definition) is 2. The van der Waals surface area contributed by atoms with E-state index in [1.54, 1.807) is 6.07 Å². The van der Waals surface area contributed by atoms with Gasteiger partial charge in [-0.25, -0.2) is 0 Å². The van der Waals surface area contributed by atoms with E-state index in [-0.39, 0.29) is 0 Å². The van der Waals surface area contributed by atoms with Crippen LogP contribution in [-0.4, -0.2) is 12.6 Å². The van der Waals surface area contributed by atoms with Gasteiger partial charge in [-0.3, -0.25) is 0 Å². The topological polar surface area (TPSA) is 38.0 Å². The Labute approximate surface area is 101 Å². The van der Waals surface area contributed by atoms with E-state index < -0.39 is 0 Å². The molecule has 0 aromatic heterocycles. The first kappa shape index (κ1) is 12.8. The third-order valence-electron chi connectivity index (χ3n) is 2.25. The highest BCUT2D eigenvalue weighted by atomic mass is 35.5. The lowest BCUT2D eigenvalue weighted by molar-refractivity contribution is 0.520. The molecule has 1 aromatic carbocycles. The molecule has 1 unspecified atom stereocenters. The number of rotatable bonds is 5. The first-order valence-corrected chi connectivity index (χ1v) is 5.76. The van der Waals surface area contributed by atoms with Gasteiger partial charge in [-0.2, -0.15) is 0 Å². The summed E-state index contributed by atoms with van der Waals surface area (Å²) in [5.74, 6) is 0. The zero-order valence-corrected chi connectivity index (χ0v) is 10.3. The van der Waals surface area contributed by atoms with E-state index in [2.05, 4.69) is 12.2 Å². The fraction of sp³-hybridized carbons (Fsp3) is 0.455. The Bertz CT molecular complexity index is 315. The quantitative estimate of drug-likeness (QED) is 0.839. The maximum atomic E-state index is 6.03. The first-order valence-electron chi connectivity index (χ1n) is 5.01. The molecule has 3 N–H and O–H groups in total. The van der Waals surface area contributed by atoms with Crippen molar-refractivity contribution < 1.29 is 0 Å². The van der Waals surface area contributed by atoms with Gasteiger partial charge in [0, 0.05) is 22.6 Å². The van der Waals surface area contributed by atoms with Crippen LogP contribution >= 0.6 is 23.2 Å². The molecule has 0 radical (unpaired) electrons. The number of hydrogen-bond donors (Lipinski definition) is 2. The predicted molar refractivity (Wildman–Crippen MR) is 66.4 cm³/mol. The molecule has 1 aromatic rings. The standard InChI is InChI=1S/C11H16Cl2N2/c1-8(4-5-14)15-7-9-6-10(12)2-3-11(9)13/h2-3,6,8,15H,4-5,7,14H2,1H3. The van der Waals surface area contributed by atoms with Crippen LogP contribution < -0.4 is 11.1 Å². The van der Waals surface area contributed by atoms with Gasteiger partial charge in [-0.05, 0) is 43.7 Å². The van der Waals surface area contributed by atoms with E-state index in [0.717, 1.165) is 23.6 Å². The van der Waals surface area contributed by atoms with Crippen LogP contribution in [0.15, 0.2) is 18.2 Å². The van der Waals surface area contributed by atoms with E-state index >= 15 is 0 Å². The van der Waals surface area contributed by atoms with Crippen molar-refractivity contribution >= 4 is 23.2 Å². The fourth-order valence-corrected chi connectivity index (χ4v) is 1.69. The fourth-order valence-electron chi connectivity index (χ4n) is 1.32. The SMILES string of the molecule is CC(CCN)NCc1cc(Cl)ccc1Cl. The minimum Gasteiger partial charge on any atom is -0.330 e. The first-order chi connectivity index (χ1) is 7.13. The van der Waals surface area contributed by atoms with Gasteiger partial charge in [-0.15, -0.1) is 0 Å². The summed E-state index contributed by atoms with van der Waals surface area (Å²) in [6, 6.07) is 5.88. The molecule has 2 nitrogen and oxygen atoms in total. The van der Waals surface area contributed by atoms with Gasteiger partial charge in [0.05, 0.1) is 0 Å². The van der Waals surface area contributed by atoms with Crippen LogP contribution in [-0.2, 0) is 6.54 Å². The molecule has 0 saturated heterocycles. The highest BCUT2D eigenvalue weighted by molar-refractivity contribution is 6.33. The number of nitrogens with one attached hydrogen (secondary N) is 1. The lowest BCUT2D eigenvalue weighted by Gasteiger charge is -2.13. The van der Waals surface area contributed by atoms with Crippen molar-refractivity contribution in [3.05, 3.63) is 33.8 Å². The zero-order chi connectivity index (χ0) is 11.3. The van der Waals surface area contributed by atoms with Crippen molar-refractivity contribution in [2.24, 2.45) is 5.73 Å². The maximum Gasteiger partial charge on any atom is 0.0451 e. The van der Waals surface area contributed by atoms with Crippen LogP contribution in [0.4, 0.5) is 0 Å². The molecule has 0 aliphatic rings. The summed E-state index contributed by atoms with van der Waals surface area (Å²) in [5.41, 5.74) is 6.49. The Hall–Kier alpha value is -0.280. The van der Waals surface area contributed by atoms with Gasteiger partial charge in [0.1, 0.15) is 0 Å². The molecule has 15 heavy (non-hydrogen) atoms. The van der Waals surface area contributed by atoms with Crippen molar-refractivity contribution in [1.82, 2.24) is 5.32 Å². The summed E-state index contributed by atoms with van der Waals surface area (Å²) in [6.07, 6.45) is 0.957. The summed E-state index contributed by atoms with van der Waals surface area (Å²) >= 11 is 11.9. The lowest BCUT2D eigenvalue weighted by atomic mass is 10.2. The van der Waals surface area contributed by atoms with Crippen molar-refractivity contribution in [2.75, 3.05) is 6.54 Å². The van der Waals surface area contributed by atoms with E-state index in [9.17, 15) is 0 Å². The molecule has 1 atom stereocenters. The average Bonchev–Trinajstić information content (AvgIpc) is 2.20. The highest BCUT2D eigenvalue weighted by Crippen LogP contribution is 2.20. The normalized spacial score (nSPS) is 12.8. The second kappa shape index (κ2) is 6.33. The van der Waals surface area contributed by atoms with Gasteiger partial charge >= 0.3 is 0 Å². The second-order valence-corrected chi connectivity index (χ2v) is 4.44. The van der Waals surface area contributed by atoms with E-state index in [0.29, 0.717) is 17.6 Å². The second-order valence-electron chi connectivity index (χ2n) is 3.60. The minimum atomic E-state index is 0.394. The monoisotopic (exact) mass is 246 g/mol. The lowest BCUT2D eigenvalue weighted by Crippen LogP contribution is -2.27. The third kappa shape index (κ3) is 4.39. The van der Waals surface area contributed by atoms with Crippen molar-refractivity contribution in [3.63, 3.8) is 0 Å². The molecule has 0 heterocycles. The smallest absolute Gasteiger partial charge is 0.0451 e. The molecule has 84 valence electrons. The molecule has 0 aliphatic carbocycles. The van der Waals surface area contributed by atoms with Gasteiger partial charge < -0.3 is 11.1 Å². The molecular weight excluding hydrogens is 231 g/mol. The van der Waals surface area contributed by atoms with Crippen LogP contribution in [0.25, 0.3) is 0 Å². The van der Waals surface area contributed by atoms with Crippen molar-refractivity contribution in [3.8, 4) is 0 Å². The molecule has 0 saturated carbocycles. The van der Waals surface area contributed by atoms with Crippen LogP contribution in [0, 0.1) is 0 Å².